The van der Waals surface area contributed by atoms with E-state index in [1.54, 1.807) is 6.07 Å². The first-order valence-electron chi connectivity index (χ1n) is 5.96. The van der Waals surface area contributed by atoms with Gasteiger partial charge in [0.1, 0.15) is 0 Å². The van der Waals surface area contributed by atoms with Gasteiger partial charge in [-0.15, -0.1) is 0 Å². The van der Waals surface area contributed by atoms with E-state index in [9.17, 15) is 8.78 Å². The standard InChI is InChI=1S/C13H20F2N2/c1-3-4-8-17(2)12(9-16)10-6-5-7-11(14)13(10)15/h5-7,12H,3-4,8-9,16H2,1-2H3. The fraction of sp³-hybridized carbons (Fsp3) is 0.538. The molecule has 0 saturated heterocycles. The second-order valence-corrected chi connectivity index (χ2v) is 4.23. The summed E-state index contributed by atoms with van der Waals surface area (Å²) in [4.78, 5) is 1.97. The van der Waals surface area contributed by atoms with Crippen LogP contribution in [0, 0.1) is 11.6 Å². The lowest BCUT2D eigenvalue weighted by Gasteiger charge is -2.27. The van der Waals surface area contributed by atoms with Crippen molar-refractivity contribution >= 4 is 0 Å². The van der Waals surface area contributed by atoms with E-state index in [-0.39, 0.29) is 12.6 Å². The smallest absolute Gasteiger partial charge is 0.163 e. The van der Waals surface area contributed by atoms with Crippen molar-refractivity contribution < 1.29 is 8.78 Å². The van der Waals surface area contributed by atoms with E-state index in [0.717, 1.165) is 25.5 Å². The molecule has 0 saturated carbocycles. The quantitative estimate of drug-likeness (QED) is 0.831. The van der Waals surface area contributed by atoms with Crippen molar-refractivity contribution in [3.05, 3.63) is 35.4 Å². The summed E-state index contributed by atoms with van der Waals surface area (Å²) in [6, 6.07) is 3.97. The molecule has 1 unspecified atom stereocenters. The molecule has 0 aliphatic heterocycles. The molecule has 1 aromatic rings. The zero-order valence-electron chi connectivity index (χ0n) is 10.4. The minimum atomic E-state index is -0.815. The van der Waals surface area contributed by atoms with E-state index in [1.807, 2.05) is 11.9 Å². The minimum absolute atomic E-state index is 0.266. The molecule has 0 heterocycles. The molecule has 2 nitrogen and oxygen atoms in total. The second kappa shape index (κ2) is 6.67. The highest BCUT2D eigenvalue weighted by atomic mass is 19.2. The number of halogens is 2. The molecule has 2 N–H and O–H groups in total. The topological polar surface area (TPSA) is 29.3 Å². The van der Waals surface area contributed by atoms with Crippen molar-refractivity contribution in [2.24, 2.45) is 5.73 Å². The molecule has 1 atom stereocenters. The van der Waals surface area contributed by atoms with Gasteiger partial charge in [-0.3, -0.25) is 4.90 Å². The monoisotopic (exact) mass is 242 g/mol. The number of unbranched alkanes of at least 4 members (excludes halogenated alkanes) is 1. The predicted octanol–water partition coefficient (Wildman–Crippen LogP) is 2.70. The van der Waals surface area contributed by atoms with Crippen molar-refractivity contribution in [2.45, 2.75) is 25.8 Å². The number of rotatable bonds is 6. The summed E-state index contributed by atoms with van der Waals surface area (Å²) in [5.74, 6) is -1.60. The maximum absolute atomic E-state index is 13.7. The molecule has 4 heteroatoms. The molecular formula is C13H20F2N2. The molecule has 0 aliphatic rings. The Morgan fingerprint density at radius 1 is 1.35 bits per heavy atom. The number of hydrogen-bond acceptors (Lipinski definition) is 2. The van der Waals surface area contributed by atoms with Crippen molar-refractivity contribution in [3.63, 3.8) is 0 Å². The van der Waals surface area contributed by atoms with Gasteiger partial charge < -0.3 is 5.73 Å². The van der Waals surface area contributed by atoms with Crippen molar-refractivity contribution in [1.29, 1.82) is 0 Å². The Kier molecular flexibility index (Phi) is 5.51. The Morgan fingerprint density at radius 2 is 2.06 bits per heavy atom. The highest BCUT2D eigenvalue weighted by Gasteiger charge is 2.20. The van der Waals surface area contributed by atoms with Crippen LogP contribution >= 0.6 is 0 Å². The highest BCUT2D eigenvalue weighted by molar-refractivity contribution is 5.23. The first kappa shape index (κ1) is 14.1. The zero-order valence-corrected chi connectivity index (χ0v) is 10.4. The summed E-state index contributed by atoms with van der Waals surface area (Å²) >= 11 is 0. The van der Waals surface area contributed by atoms with E-state index < -0.39 is 11.6 Å². The lowest BCUT2D eigenvalue weighted by molar-refractivity contribution is 0.240. The average Bonchev–Trinajstić information content (AvgIpc) is 2.32. The normalized spacial score (nSPS) is 13.1. The molecule has 1 rings (SSSR count). The largest absolute Gasteiger partial charge is 0.329 e. The Labute approximate surface area is 101 Å². The molecular weight excluding hydrogens is 222 g/mol. The van der Waals surface area contributed by atoms with Crippen molar-refractivity contribution in [1.82, 2.24) is 4.90 Å². The molecule has 1 aromatic carbocycles. The van der Waals surface area contributed by atoms with Gasteiger partial charge in [0.15, 0.2) is 11.6 Å². The van der Waals surface area contributed by atoms with E-state index in [1.165, 1.54) is 6.07 Å². The van der Waals surface area contributed by atoms with Crippen LogP contribution in [-0.2, 0) is 0 Å². The SMILES string of the molecule is CCCCN(C)C(CN)c1cccc(F)c1F. The molecule has 96 valence electrons. The van der Waals surface area contributed by atoms with Gasteiger partial charge in [0.05, 0.1) is 0 Å². The van der Waals surface area contributed by atoms with Crippen LogP contribution in [0.3, 0.4) is 0 Å². The molecule has 17 heavy (non-hydrogen) atoms. The maximum atomic E-state index is 13.7. The van der Waals surface area contributed by atoms with Gasteiger partial charge in [0.2, 0.25) is 0 Å². The molecule has 0 aliphatic carbocycles. The Bertz CT molecular complexity index is 355. The molecule has 0 bridgehead atoms. The highest BCUT2D eigenvalue weighted by Crippen LogP contribution is 2.23. The minimum Gasteiger partial charge on any atom is -0.329 e. The molecule has 0 aromatic heterocycles. The van der Waals surface area contributed by atoms with Crippen LogP contribution in [0.1, 0.15) is 31.4 Å². The van der Waals surface area contributed by atoms with E-state index in [0.29, 0.717) is 5.56 Å². The third kappa shape index (κ3) is 3.48. The molecule has 0 amide bonds. The molecule has 0 radical (unpaired) electrons. The fourth-order valence-electron chi connectivity index (χ4n) is 1.89. The number of likely N-dealkylation sites (N-methyl/N-ethyl adjacent to an activating group) is 1. The summed E-state index contributed by atoms with van der Waals surface area (Å²) in [7, 11) is 1.89. The van der Waals surface area contributed by atoms with Crippen molar-refractivity contribution in [2.75, 3.05) is 20.1 Å². The number of benzene rings is 1. The van der Waals surface area contributed by atoms with Gasteiger partial charge in [-0.2, -0.15) is 0 Å². The third-order valence-electron chi connectivity index (χ3n) is 2.96. The van der Waals surface area contributed by atoms with Crippen LogP contribution in [0.5, 0.6) is 0 Å². The first-order chi connectivity index (χ1) is 8.11. The summed E-state index contributed by atoms with van der Waals surface area (Å²) in [6.07, 6.45) is 2.08. The van der Waals surface area contributed by atoms with E-state index in [4.69, 9.17) is 5.73 Å². The number of nitrogens with two attached hydrogens (primary N) is 1. The van der Waals surface area contributed by atoms with E-state index >= 15 is 0 Å². The lowest BCUT2D eigenvalue weighted by Crippen LogP contribution is -2.32. The Balaban J connectivity index is 2.89. The molecule has 0 spiro atoms. The zero-order chi connectivity index (χ0) is 12.8. The maximum Gasteiger partial charge on any atom is 0.163 e. The fourth-order valence-corrected chi connectivity index (χ4v) is 1.89. The number of nitrogens with zero attached hydrogens (tertiary/aromatic N) is 1. The van der Waals surface area contributed by atoms with Crippen LogP contribution < -0.4 is 5.73 Å². The summed E-state index contributed by atoms with van der Waals surface area (Å²) < 4.78 is 26.8. The number of hydrogen-bond donors (Lipinski definition) is 1. The second-order valence-electron chi connectivity index (χ2n) is 4.23. The lowest BCUT2D eigenvalue weighted by atomic mass is 10.0. The summed E-state index contributed by atoms with van der Waals surface area (Å²) in [5.41, 5.74) is 6.00. The summed E-state index contributed by atoms with van der Waals surface area (Å²) in [5, 5.41) is 0. The van der Waals surface area contributed by atoms with Gasteiger partial charge in [-0.25, -0.2) is 8.78 Å². The van der Waals surface area contributed by atoms with Crippen LogP contribution in [0.15, 0.2) is 18.2 Å². The van der Waals surface area contributed by atoms with Gasteiger partial charge in [0, 0.05) is 18.2 Å². The third-order valence-corrected chi connectivity index (χ3v) is 2.96. The molecule has 0 fully saturated rings. The summed E-state index contributed by atoms with van der Waals surface area (Å²) in [6.45, 7) is 3.20. The van der Waals surface area contributed by atoms with Crippen LogP contribution in [0.4, 0.5) is 8.78 Å². The van der Waals surface area contributed by atoms with Crippen molar-refractivity contribution in [3.8, 4) is 0 Å². The van der Waals surface area contributed by atoms with E-state index in [2.05, 4.69) is 6.92 Å². The first-order valence-corrected chi connectivity index (χ1v) is 5.96. The van der Waals surface area contributed by atoms with Crippen LogP contribution in [0.25, 0.3) is 0 Å². The van der Waals surface area contributed by atoms with Gasteiger partial charge >= 0.3 is 0 Å². The van der Waals surface area contributed by atoms with Crippen LogP contribution in [-0.4, -0.2) is 25.0 Å². The Morgan fingerprint density at radius 3 is 2.65 bits per heavy atom. The van der Waals surface area contributed by atoms with Crippen LogP contribution in [0.2, 0.25) is 0 Å². The van der Waals surface area contributed by atoms with Gasteiger partial charge in [-0.1, -0.05) is 25.5 Å². The predicted molar refractivity (Wildman–Crippen MR) is 65.7 cm³/mol. The van der Waals surface area contributed by atoms with Gasteiger partial charge in [-0.05, 0) is 26.1 Å². The van der Waals surface area contributed by atoms with Gasteiger partial charge in [0.25, 0.3) is 0 Å². The Hall–Kier alpha value is -1.00. The average molecular weight is 242 g/mol.